The second-order valence-corrected chi connectivity index (χ2v) is 7.62. The molecule has 0 aliphatic carbocycles. The van der Waals surface area contributed by atoms with Crippen LogP contribution in [-0.4, -0.2) is 71.7 Å². The molecule has 0 bridgehead atoms. The van der Waals surface area contributed by atoms with Crippen molar-refractivity contribution >= 4 is 17.7 Å². The van der Waals surface area contributed by atoms with E-state index in [4.69, 9.17) is 0 Å². The molecule has 1 aromatic carbocycles. The van der Waals surface area contributed by atoms with Crippen molar-refractivity contribution in [2.45, 2.75) is 33.1 Å². The number of benzene rings is 1. The Morgan fingerprint density at radius 2 is 1.56 bits per heavy atom. The molecule has 0 saturated carbocycles. The molecular formula is C21H29N3O3. The van der Waals surface area contributed by atoms with Gasteiger partial charge < -0.3 is 14.7 Å². The number of piperidine rings is 1. The lowest BCUT2D eigenvalue weighted by atomic mass is 9.95. The van der Waals surface area contributed by atoms with Crippen molar-refractivity contribution in [2.75, 3.05) is 39.3 Å². The minimum Gasteiger partial charge on any atom is -0.343 e. The van der Waals surface area contributed by atoms with Crippen LogP contribution in [0, 0.1) is 12.8 Å². The highest BCUT2D eigenvalue weighted by atomic mass is 16.2. The van der Waals surface area contributed by atoms with E-state index in [1.165, 1.54) is 0 Å². The molecule has 2 heterocycles. The first kappa shape index (κ1) is 19.4. The summed E-state index contributed by atoms with van der Waals surface area (Å²) in [5.74, 6) is 0.312. The van der Waals surface area contributed by atoms with E-state index < -0.39 is 0 Å². The molecule has 0 spiro atoms. The molecule has 0 aromatic heterocycles. The van der Waals surface area contributed by atoms with Gasteiger partial charge in [0.15, 0.2) is 0 Å². The van der Waals surface area contributed by atoms with E-state index in [1.54, 1.807) is 6.92 Å². The Morgan fingerprint density at radius 3 is 2.22 bits per heavy atom. The Labute approximate surface area is 161 Å². The van der Waals surface area contributed by atoms with Gasteiger partial charge in [-0.3, -0.25) is 14.4 Å². The molecule has 1 aromatic rings. The van der Waals surface area contributed by atoms with Gasteiger partial charge in [-0.1, -0.05) is 17.7 Å². The molecule has 27 heavy (non-hydrogen) atoms. The van der Waals surface area contributed by atoms with Crippen LogP contribution in [0.5, 0.6) is 0 Å². The fourth-order valence-corrected chi connectivity index (χ4v) is 4.00. The standard InChI is InChI=1S/C21H29N3O3/c1-16-5-3-6-19(15-16)21(27)24-10-4-9-23(13-14-24)20(26)18-7-11-22(12-8-18)17(2)25/h3,5-6,15,18H,4,7-14H2,1-2H3. The van der Waals surface area contributed by atoms with Gasteiger partial charge in [-0.25, -0.2) is 0 Å². The molecule has 0 radical (unpaired) electrons. The fourth-order valence-electron chi connectivity index (χ4n) is 4.00. The molecule has 3 rings (SSSR count). The summed E-state index contributed by atoms with van der Waals surface area (Å²) in [6, 6.07) is 7.66. The SMILES string of the molecule is CC(=O)N1CCC(C(=O)N2CCCN(C(=O)c3cccc(C)c3)CC2)CC1. The fraction of sp³-hybridized carbons (Fsp3) is 0.571. The molecule has 2 aliphatic heterocycles. The molecule has 0 atom stereocenters. The number of hydrogen-bond acceptors (Lipinski definition) is 3. The van der Waals surface area contributed by atoms with Crippen molar-refractivity contribution in [3.05, 3.63) is 35.4 Å². The van der Waals surface area contributed by atoms with Crippen molar-refractivity contribution in [1.29, 1.82) is 0 Å². The predicted octanol–water partition coefficient (Wildman–Crippen LogP) is 1.93. The summed E-state index contributed by atoms with van der Waals surface area (Å²) in [6.45, 7) is 7.43. The van der Waals surface area contributed by atoms with Crippen molar-refractivity contribution < 1.29 is 14.4 Å². The molecule has 6 nitrogen and oxygen atoms in total. The second kappa shape index (κ2) is 8.55. The van der Waals surface area contributed by atoms with Crippen LogP contribution in [0.3, 0.4) is 0 Å². The van der Waals surface area contributed by atoms with E-state index in [0.717, 1.165) is 24.8 Å². The zero-order valence-corrected chi connectivity index (χ0v) is 16.3. The lowest BCUT2D eigenvalue weighted by Crippen LogP contribution is -2.45. The first-order chi connectivity index (χ1) is 13.0. The van der Waals surface area contributed by atoms with E-state index in [2.05, 4.69) is 0 Å². The smallest absolute Gasteiger partial charge is 0.253 e. The van der Waals surface area contributed by atoms with E-state index in [0.29, 0.717) is 44.8 Å². The first-order valence-corrected chi connectivity index (χ1v) is 9.86. The Bertz CT molecular complexity index is 710. The number of rotatable bonds is 2. The monoisotopic (exact) mass is 371 g/mol. The first-order valence-electron chi connectivity index (χ1n) is 9.86. The third-order valence-corrected chi connectivity index (χ3v) is 5.65. The molecular weight excluding hydrogens is 342 g/mol. The number of carbonyl (C=O) groups excluding carboxylic acids is 3. The van der Waals surface area contributed by atoms with Crippen LogP contribution in [-0.2, 0) is 9.59 Å². The average molecular weight is 371 g/mol. The predicted molar refractivity (Wildman–Crippen MR) is 103 cm³/mol. The number of nitrogens with zero attached hydrogens (tertiary/aromatic N) is 3. The Balaban J connectivity index is 1.56. The van der Waals surface area contributed by atoms with Crippen LogP contribution in [0.1, 0.15) is 42.1 Å². The highest BCUT2D eigenvalue weighted by molar-refractivity contribution is 5.94. The van der Waals surface area contributed by atoms with Crippen molar-refractivity contribution in [3.63, 3.8) is 0 Å². The lowest BCUT2D eigenvalue weighted by molar-refractivity contribution is -0.140. The maximum Gasteiger partial charge on any atom is 0.253 e. The van der Waals surface area contributed by atoms with Crippen molar-refractivity contribution in [3.8, 4) is 0 Å². The summed E-state index contributed by atoms with van der Waals surface area (Å²) in [4.78, 5) is 42.7. The normalized spacial score (nSPS) is 19.0. The van der Waals surface area contributed by atoms with Gasteiger partial charge in [0.1, 0.15) is 0 Å². The highest BCUT2D eigenvalue weighted by Crippen LogP contribution is 2.21. The van der Waals surface area contributed by atoms with Crippen LogP contribution >= 0.6 is 0 Å². The number of carbonyl (C=O) groups is 3. The Kier molecular flexibility index (Phi) is 6.14. The van der Waals surface area contributed by atoms with E-state index in [1.807, 2.05) is 45.9 Å². The minimum absolute atomic E-state index is 0.000348. The zero-order chi connectivity index (χ0) is 19.4. The van der Waals surface area contributed by atoms with E-state index in [9.17, 15) is 14.4 Å². The molecule has 146 valence electrons. The molecule has 2 fully saturated rings. The van der Waals surface area contributed by atoms with Crippen LogP contribution < -0.4 is 0 Å². The molecule has 3 amide bonds. The zero-order valence-electron chi connectivity index (χ0n) is 16.3. The average Bonchev–Trinajstić information content (AvgIpc) is 2.93. The highest BCUT2D eigenvalue weighted by Gasteiger charge is 2.30. The summed E-state index contributed by atoms with van der Waals surface area (Å²) in [6.07, 6.45) is 2.28. The van der Waals surface area contributed by atoms with Crippen molar-refractivity contribution in [2.24, 2.45) is 5.92 Å². The molecule has 0 N–H and O–H groups in total. The van der Waals surface area contributed by atoms with E-state index in [-0.39, 0.29) is 23.6 Å². The minimum atomic E-state index is -0.000348. The molecule has 2 aliphatic rings. The summed E-state index contributed by atoms with van der Waals surface area (Å²) in [5.41, 5.74) is 1.79. The van der Waals surface area contributed by atoms with Gasteiger partial charge >= 0.3 is 0 Å². The van der Waals surface area contributed by atoms with Crippen LogP contribution in [0.15, 0.2) is 24.3 Å². The third-order valence-electron chi connectivity index (χ3n) is 5.65. The Morgan fingerprint density at radius 1 is 0.889 bits per heavy atom. The summed E-state index contributed by atoms with van der Waals surface area (Å²) < 4.78 is 0. The number of likely N-dealkylation sites (tertiary alicyclic amines) is 1. The maximum absolute atomic E-state index is 12.9. The topological polar surface area (TPSA) is 60.9 Å². The summed E-state index contributed by atoms with van der Waals surface area (Å²) >= 11 is 0. The number of hydrogen-bond donors (Lipinski definition) is 0. The summed E-state index contributed by atoms with van der Waals surface area (Å²) in [5, 5.41) is 0. The number of aryl methyl sites for hydroxylation is 1. The van der Waals surface area contributed by atoms with Gasteiger partial charge in [0.05, 0.1) is 0 Å². The van der Waals surface area contributed by atoms with Gasteiger partial charge in [-0.15, -0.1) is 0 Å². The Hall–Kier alpha value is -2.37. The van der Waals surface area contributed by atoms with Gasteiger partial charge in [0.25, 0.3) is 5.91 Å². The lowest BCUT2D eigenvalue weighted by Gasteiger charge is -2.33. The third kappa shape index (κ3) is 4.67. The maximum atomic E-state index is 12.9. The molecule has 6 heteroatoms. The second-order valence-electron chi connectivity index (χ2n) is 7.62. The number of amides is 3. The van der Waals surface area contributed by atoms with Crippen LogP contribution in [0.2, 0.25) is 0 Å². The van der Waals surface area contributed by atoms with Crippen LogP contribution in [0.25, 0.3) is 0 Å². The molecule has 0 unspecified atom stereocenters. The van der Waals surface area contributed by atoms with Gasteiger partial charge in [-0.05, 0) is 38.3 Å². The van der Waals surface area contributed by atoms with Gasteiger partial charge in [-0.2, -0.15) is 0 Å². The van der Waals surface area contributed by atoms with Crippen LogP contribution in [0.4, 0.5) is 0 Å². The van der Waals surface area contributed by atoms with Gasteiger partial charge in [0, 0.05) is 57.7 Å². The van der Waals surface area contributed by atoms with E-state index >= 15 is 0 Å². The quantitative estimate of drug-likeness (QED) is 0.798. The molecule has 2 saturated heterocycles. The largest absolute Gasteiger partial charge is 0.343 e. The van der Waals surface area contributed by atoms with Gasteiger partial charge in [0.2, 0.25) is 11.8 Å². The summed E-state index contributed by atoms with van der Waals surface area (Å²) in [7, 11) is 0. The van der Waals surface area contributed by atoms with Crippen molar-refractivity contribution in [1.82, 2.24) is 14.7 Å².